The number of ether oxygens (including phenoxy) is 3. The van der Waals surface area contributed by atoms with Crippen molar-refractivity contribution in [1.29, 1.82) is 0 Å². The van der Waals surface area contributed by atoms with E-state index in [-0.39, 0.29) is 5.91 Å². The van der Waals surface area contributed by atoms with Gasteiger partial charge in [0, 0.05) is 12.8 Å². The minimum Gasteiger partial charge on any atom is -0.490 e. The monoisotopic (exact) mass is 359 g/mol. The Hall–Kier alpha value is -3.06. The number of carboxylic acids is 1. The molecule has 0 atom stereocenters. The molecule has 7 nitrogen and oxygen atoms in total. The summed E-state index contributed by atoms with van der Waals surface area (Å²) in [4.78, 5) is 23.1. The summed E-state index contributed by atoms with van der Waals surface area (Å²) in [6, 6.07) is 11.9. The van der Waals surface area contributed by atoms with Crippen LogP contribution >= 0.6 is 0 Å². The van der Waals surface area contributed by atoms with E-state index < -0.39 is 12.6 Å². The van der Waals surface area contributed by atoms with Crippen molar-refractivity contribution < 1.29 is 28.9 Å². The van der Waals surface area contributed by atoms with Crippen LogP contribution in [0.4, 0.5) is 5.69 Å². The van der Waals surface area contributed by atoms with Crippen molar-refractivity contribution in [1.82, 2.24) is 0 Å². The van der Waals surface area contributed by atoms with Crippen LogP contribution in [0.1, 0.15) is 15.9 Å². The molecule has 2 aromatic rings. The Balaban J connectivity index is 2.09. The maximum absolute atomic E-state index is 12.6. The van der Waals surface area contributed by atoms with E-state index >= 15 is 0 Å². The molecule has 138 valence electrons. The van der Waals surface area contributed by atoms with Gasteiger partial charge in [-0.2, -0.15) is 0 Å². The topological polar surface area (TPSA) is 94.1 Å². The molecule has 1 amide bonds. The Kier molecular flexibility index (Phi) is 6.99. The fraction of sp³-hybridized carbons (Fsp3) is 0.263. The Bertz CT molecular complexity index is 774. The standard InChI is InChI=1S/C19H21NO6/c1-13-11-14(26-12-18(21)22)7-8-16(13)20-19(23)15-5-3-4-6-17(15)25-10-9-24-2/h3-8,11H,9-10,12H2,1-2H3,(H,20,23)(H,21,22). The molecular formula is C19H21NO6. The highest BCUT2D eigenvalue weighted by atomic mass is 16.5. The summed E-state index contributed by atoms with van der Waals surface area (Å²) in [5.41, 5.74) is 1.76. The maximum Gasteiger partial charge on any atom is 0.341 e. The van der Waals surface area contributed by atoms with E-state index in [0.29, 0.717) is 36.0 Å². The predicted octanol–water partition coefficient (Wildman–Crippen LogP) is 2.74. The number of benzene rings is 2. The van der Waals surface area contributed by atoms with E-state index in [1.165, 1.54) is 0 Å². The average molecular weight is 359 g/mol. The van der Waals surface area contributed by atoms with Crippen LogP contribution in [-0.2, 0) is 9.53 Å². The van der Waals surface area contributed by atoms with E-state index in [1.54, 1.807) is 56.5 Å². The van der Waals surface area contributed by atoms with Gasteiger partial charge in [0.2, 0.25) is 0 Å². The maximum atomic E-state index is 12.6. The number of hydrogen-bond donors (Lipinski definition) is 2. The summed E-state index contributed by atoms with van der Waals surface area (Å²) >= 11 is 0. The summed E-state index contributed by atoms with van der Waals surface area (Å²) < 4.78 is 15.6. The van der Waals surface area contributed by atoms with Gasteiger partial charge in [0.1, 0.15) is 18.1 Å². The van der Waals surface area contributed by atoms with Crippen molar-refractivity contribution >= 4 is 17.6 Å². The summed E-state index contributed by atoms with van der Waals surface area (Å²) in [6.07, 6.45) is 0. The molecule has 2 rings (SSSR count). The predicted molar refractivity (Wildman–Crippen MR) is 96.1 cm³/mol. The van der Waals surface area contributed by atoms with E-state index in [1.807, 2.05) is 0 Å². The van der Waals surface area contributed by atoms with Gasteiger partial charge in [-0.1, -0.05) is 12.1 Å². The highest BCUT2D eigenvalue weighted by Crippen LogP contribution is 2.24. The quantitative estimate of drug-likeness (QED) is 0.669. The van der Waals surface area contributed by atoms with Gasteiger partial charge in [-0.3, -0.25) is 4.79 Å². The second kappa shape index (κ2) is 9.43. The van der Waals surface area contributed by atoms with E-state index in [0.717, 1.165) is 5.56 Å². The fourth-order valence-electron chi connectivity index (χ4n) is 2.22. The molecule has 0 saturated carbocycles. The molecule has 0 heterocycles. The van der Waals surface area contributed by atoms with Gasteiger partial charge in [0.05, 0.1) is 12.2 Å². The van der Waals surface area contributed by atoms with Crippen molar-refractivity contribution in [3.05, 3.63) is 53.6 Å². The number of carbonyl (C=O) groups excluding carboxylic acids is 1. The molecule has 26 heavy (non-hydrogen) atoms. The molecule has 0 bridgehead atoms. The van der Waals surface area contributed by atoms with Gasteiger partial charge in [-0.05, 0) is 42.8 Å². The lowest BCUT2D eigenvalue weighted by molar-refractivity contribution is -0.139. The first-order valence-electron chi connectivity index (χ1n) is 7.98. The summed E-state index contributed by atoms with van der Waals surface area (Å²) in [6.45, 7) is 2.14. The first-order chi connectivity index (χ1) is 12.5. The average Bonchev–Trinajstić information content (AvgIpc) is 2.62. The van der Waals surface area contributed by atoms with Crippen LogP contribution in [0.2, 0.25) is 0 Å². The molecule has 0 saturated heterocycles. The normalized spacial score (nSPS) is 10.2. The number of carbonyl (C=O) groups is 2. The molecule has 0 unspecified atom stereocenters. The van der Waals surface area contributed by atoms with Crippen molar-refractivity contribution in [2.24, 2.45) is 0 Å². The molecule has 0 fully saturated rings. The molecule has 2 N–H and O–H groups in total. The Morgan fingerprint density at radius 3 is 2.54 bits per heavy atom. The van der Waals surface area contributed by atoms with Crippen molar-refractivity contribution in [3.8, 4) is 11.5 Å². The van der Waals surface area contributed by atoms with Crippen molar-refractivity contribution in [3.63, 3.8) is 0 Å². The third kappa shape index (κ3) is 5.49. The number of anilines is 1. The highest BCUT2D eigenvalue weighted by Gasteiger charge is 2.14. The first-order valence-corrected chi connectivity index (χ1v) is 7.98. The Labute approximate surface area is 151 Å². The molecule has 0 aliphatic rings. The van der Waals surface area contributed by atoms with Crippen LogP contribution in [0.5, 0.6) is 11.5 Å². The van der Waals surface area contributed by atoms with Gasteiger partial charge in [0.25, 0.3) is 5.91 Å². The van der Waals surface area contributed by atoms with Crippen LogP contribution in [-0.4, -0.2) is 43.9 Å². The van der Waals surface area contributed by atoms with Gasteiger partial charge in [0.15, 0.2) is 6.61 Å². The molecule has 0 radical (unpaired) electrons. The zero-order valence-electron chi connectivity index (χ0n) is 14.7. The number of aliphatic carboxylic acids is 1. The number of carboxylic acid groups (broad SMARTS) is 1. The molecule has 0 spiro atoms. The molecular weight excluding hydrogens is 338 g/mol. The van der Waals surface area contributed by atoms with Crippen LogP contribution in [0.25, 0.3) is 0 Å². The second-order valence-electron chi connectivity index (χ2n) is 5.45. The number of rotatable bonds is 9. The first kappa shape index (κ1) is 19.3. The van der Waals surface area contributed by atoms with E-state index in [2.05, 4.69) is 5.32 Å². The smallest absolute Gasteiger partial charge is 0.341 e. The Morgan fingerprint density at radius 1 is 1.08 bits per heavy atom. The lowest BCUT2D eigenvalue weighted by Crippen LogP contribution is -2.15. The zero-order chi connectivity index (χ0) is 18.9. The summed E-state index contributed by atoms with van der Waals surface area (Å²) in [7, 11) is 1.58. The second-order valence-corrected chi connectivity index (χ2v) is 5.45. The number of amides is 1. The van der Waals surface area contributed by atoms with Crippen LogP contribution < -0.4 is 14.8 Å². The number of methoxy groups -OCH3 is 1. The minimum absolute atomic E-state index is 0.305. The lowest BCUT2D eigenvalue weighted by atomic mass is 10.1. The van der Waals surface area contributed by atoms with Crippen molar-refractivity contribution in [2.45, 2.75) is 6.92 Å². The van der Waals surface area contributed by atoms with Gasteiger partial charge in [-0.25, -0.2) is 4.79 Å². The van der Waals surface area contributed by atoms with Gasteiger partial charge >= 0.3 is 5.97 Å². The molecule has 7 heteroatoms. The van der Waals surface area contributed by atoms with Gasteiger partial charge < -0.3 is 24.6 Å². The third-order valence-corrected chi connectivity index (χ3v) is 3.49. The SMILES string of the molecule is COCCOc1ccccc1C(=O)Nc1ccc(OCC(=O)O)cc1C. The molecule has 2 aromatic carbocycles. The zero-order valence-corrected chi connectivity index (χ0v) is 14.7. The number of aryl methyl sites for hydroxylation is 1. The number of para-hydroxylation sites is 1. The van der Waals surface area contributed by atoms with Crippen LogP contribution in [0.15, 0.2) is 42.5 Å². The number of nitrogens with one attached hydrogen (secondary N) is 1. The third-order valence-electron chi connectivity index (χ3n) is 3.49. The summed E-state index contributed by atoms with van der Waals surface area (Å²) in [5, 5.41) is 11.5. The minimum atomic E-state index is -1.05. The molecule has 0 aliphatic carbocycles. The van der Waals surface area contributed by atoms with Crippen LogP contribution in [0, 0.1) is 6.92 Å². The molecule has 0 aromatic heterocycles. The fourth-order valence-corrected chi connectivity index (χ4v) is 2.22. The highest BCUT2D eigenvalue weighted by molar-refractivity contribution is 6.06. The van der Waals surface area contributed by atoms with E-state index in [9.17, 15) is 9.59 Å². The van der Waals surface area contributed by atoms with E-state index in [4.69, 9.17) is 19.3 Å². The summed E-state index contributed by atoms with van der Waals surface area (Å²) in [5.74, 6) is -0.460. The lowest BCUT2D eigenvalue weighted by Gasteiger charge is -2.13. The largest absolute Gasteiger partial charge is 0.490 e. The Morgan fingerprint density at radius 2 is 1.85 bits per heavy atom. The van der Waals surface area contributed by atoms with Crippen LogP contribution in [0.3, 0.4) is 0 Å². The molecule has 0 aliphatic heterocycles. The van der Waals surface area contributed by atoms with Gasteiger partial charge in [-0.15, -0.1) is 0 Å². The van der Waals surface area contributed by atoms with Crippen molar-refractivity contribution in [2.75, 3.05) is 32.2 Å². The number of hydrogen-bond acceptors (Lipinski definition) is 5.